The molecule has 2 aromatic rings. The zero-order valence-corrected chi connectivity index (χ0v) is 15.3. The van der Waals surface area contributed by atoms with Crippen molar-refractivity contribution in [2.24, 2.45) is 0 Å². The topological polar surface area (TPSA) is 54.4 Å². The van der Waals surface area contributed by atoms with Crippen molar-refractivity contribution in [2.75, 3.05) is 18.5 Å². The number of halogens is 6. The van der Waals surface area contributed by atoms with Crippen LogP contribution in [0.1, 0.15) is 23.1 Å². The van der Waals surface area contributed by atoms with Gasteiger partial charge in [0.1, 0.15) is 5.82 Å². The number of rotatable bonds is 4. The van der Waals surface area contributed by atoms with E-state index >= 15 is 0 Å². The Morgan fingerprint density at radius 1 is 1.42 bits per heavy atom. The first-order valence-corrected chi connectivity index (χ1v) is 8.59. The van der Waals surface area contributed by atoms with Crippen LogP contribution < -0.4 is 10.1 Å². The molecule has 3 rings (SSSR count). The third-order valence-electron chi connectivity index (χ3n) is 3.93. The smallest absolute Gasteiger partial charge is 0.422 e. The van der Waals surface area contributed by atoms with Crippen molar-refractivity contribution in [1.29, 1.82) is 0 Å². The van der Waals surface area contributed by atoms with Crippen LogP contribution in [-0.2, 0) is 0 Å². The highest BCUT2D eigenvalue weighted by Crippen LogP contribution is 2.43. The molecule has 2 atom stereocenters. The van der Waals surface area contributed by atoms with Gasteiger partial charge >= 0.3 is 6.18 Å². The zero-order valence-electron chi connectivity index (χ0n) is 12.9. The predicted octanol–water partition coefficient (Wildman–Crippen LogP) is 4.82. The minimum Gasteiger partial charge on any atom is -0.481 e. The molecule has 0 aliphatic carbocycles. The van der Waals surface area contributed by atoms with E-state index in [1.807, 2.05) is 0 Å². The lowest BCUT2D eigenvalue weighted by Crippen LogP contribution is -2.20. The summed E-state index contributed by atoms with van der Waals surface area (Å²) in [4.78, 5) is 4.16. The number of aromatic nitrogens is 1. The minimum absolute atomic E-state index is 0.106. The van der Waals surface area contributed by atoms with Crippen molar-refractivity contribution in [3.8, 4) is 5.75 Å². The van der Waals surface area contributed by atoms with Gasteiger partial charge in [-0.2, -0.15) is 13.2 Å². The Bertz CT molecular complexity index is 835. The van der Waals surface area contributed by atoms with E-state index in [2.05, 4.69) is 31.0 Å². The fourth-order valence-electron chi connectivity index (χ4n) is 2.78. The molecule has 1 aliphatic heterocycles. The Labute approximate surface area is 159 Å². The van der Waals surface area contributed by atoms with Crippen LogP contribution in [0.2, 0.25) is 5.02 Å². The van der Waals surface area contributed by atoms with E-state index in [0.717, 1.165) is 6.07 Å². The first kappa shape index (κ1) is 19.2. The molecule has 1 aromatic heterocycles. The normalized spacial score (nSPS) is 17.6. The lowest BCUT2D eigenvalue weighted by molar-refractivity contribution is -0.153. The molecule has 1 aromatic carbocycles. The van der Waals surface area contributed by atoms with Gasteiger partial charge in [0.2, 0.25) is 0 Å². The molecular formula is C16H12BrClF4N2O2. The van der Waals surface area contributed by atoms with E-state index in [9.17, 15) is 22.7 Å². The molecule has 0 bridgehead atoms. The van der Waals surface area contributed by atoms with Gasteiger partial charge < -0.3 is 15.2 Å². The first-order valence-electron chi connectivity index (χ1n) is 7.42. The molecule has 26 heavy (non-hydrogen) atoms. The monoisotopic (exact) mass is 454 g/mol. The molecule has 0 saturated carbocycles. The Kier molecular flexibility index (Phi) is 5.32. The van der Waals surface area contributed by atoms with Gasteiger partial charge in [-0.25, -0.2) is 9.37 Å². The highest BCUT2D eigenvalue weighted by atomic mass is 79.9. The number of aliphatic hydroxyl groups is 1. The van der Waals surface area contributed by atoms with Crippen LogP contribution in [0.25, 0.3) is 0 Å². The second kappa shape index (κ2) is 7.21. The molecule has 0 spiro atoms. The number of nitrogens with one attached hydrogen (secondary N) is 1. The summed E-state index contributed by atoms with van der Waals surface area (Å²) < 4.78 is 56.8. The molecular weight excluding hydrogens is 444 g/mol. The van der Waals surface area contributed by atoms with Crippen molar-refractivity contribution < 1.29 is 27.4 Å². The van der Waals surface area contributed by atoms with E-state index in [1.165, 1.54) is 6.07 Å². The molecule has 4 nitrogen and oxygen atoms in total. The van der Waals surface area contributed by atoms with Crippen molar-refractivity contribution in [1.82, 2.24) is 4.98 Å². The number of fused-ring (bicyclic) bond motifs is 1. The van der Waals surface area contributed by atoms with Crippen LogP contribution >= 0.6 is 27.5 Å². The van der Waals surface area contributed by atoms with Crippen LogP contribution in [0, 0.1) is 5.82 Å². The number of aliphatic hydroxyl groups excluding tert-OH is 1. The van der Waals surface area contributed by atoms with Gasteiger partial charge in [-0.15, -0.1) is 0 Å². The van der Waals surface area contributed by atoms with E-state index in [4.69, 9.17) is 11.6 Å². The molecule has 1 aliphatic rings. The van der Waals surface area contributed by atoms with Gasteiger partial charge in [-0.05, 0) is 34.1 Å². The molecule has 10 heteroatoms. The summed E-state index contributed by atoms with van der Waals surface area (Å²) in [7, 11) is 0. The molecule has 140 valence electrons. The van der Waals surface area contributed by atoms with Crippen molar-refractivity contribution in [3.05, 3.63) is 50.8 Å². The maximum Gasteiger partial charge on any atom is 0.422 e. The third kappa shape index (κ3) is 3.89. The number of anilines is 1. The van der Waals surface area contributed by atoms with Crippen LogP contribution in [0.15, 0.2) is 28.9 Å². The largest absolute Gasteiger partial charge is 0.481 e. The van der Waals surface area contributed by atoms with Crippen LogP contribution in [-0.4, -0.2) is 29.4 Å². The summed E-state index contributed by atoms with van der Waals surface area (Å²) >= 11 is 9.28. The highest BCUT2D eigenvalue weighted by Gasteiger charge is 2.35. The molecule has 2 heterocycles. The molecule has 2 N–H and O–H groups in total. The number of benzene rings is 1. The summed E-state index contributed by atoms with van der Waals surface area (Å²) in [5, 5.41) is 13.6. The maximum absolute atomic E-state index is 14.7. The van der Waals surface area contributed by atoms with Gasteiger partial charge in [0.25, 0.3) is 0 Å². The number of ether oxygens (including phenoxy) is 1. The zero-order chi connectivity index (χ0) is 19.1. The van der Waals surface area contributed by atoms with E-state index in [1.54, 1.807) is 12.3 Å². The quantitative estimate of drug-likeness (QED) is 0.649. The number of pyridine rings is 1. The van der Waals surface area contributed by atoms with Crippen molar-refractivity contribution in [3.63, 3.8) is 0 Å². The fourth-order valence-corrected chi connectivity index (χ4v) is 3.38. The first-order chi connectivity index (χ1) is 12.2. The van der Waals surface area contributed by atoms with E-state index in [0.29, 0.717) is 15.9 Å². The van der Waals surface area contributed by atoms with Gasteiger partial charge in [0.15, 0.2) is 18.2 Å². The molecule has 0 saturated heterocycles. The number of hydrogen-bond acceptors (Lipinski definition) is 4. The van der Waals surface area contributed by atoms with Crippen molar-refractivity contribution >= 4 is 33.3 Å². The van der Waals surface area contributed by atoms with Crippen LogP contribution in [0.4, 0.5) is 23.4 Å². The van der Waals surface area contributed by atoms with E-state index in [-0.39, 0.29) is 17.1 Å². The predicted molar refractivity (Wildman–Crippen MR) is 91.1 cm³/mol. The Morgan fingerprint density at radius 2 is 2.15 bits per heavy atom. The SMILES string of the molecule is O[C@@H](c1c(Cl)ccc(OCC(F)(F)F)c1F)C1CNc2ncc(Br)cc21. The van der Waals surface area contributed by atoms with Gasteiger partial charge in [0, 0.05) is 39.3 Å². The lowest BCUT2D eigenvalue weighted by Gasteiger charge is -2.21. The fraction of sp³-hybridized carbons (Fsp3) is 0.312. The van der Waals surface area contributed by atoms with Crippen molar-refractivity contribution in [2.45, 2.75) is 18.2 Å². The summed E-state index contributed by atoms with van der Waals surface area (Å²) in [6.07, 6.45) is -4.45. The highest BCUT2D eigenvalue weighted by molar-refractivity contribution is 9.10. The number of alkyl halides is 3. The second-order valence-corrected chi connectivity index (χ2v) is 7.02. The molecule has 0 fully saturated rings. The standard InChI is InChI=1S/C16H12BrClF4N2O2/c17-7-3-8-9(5-24-15(8)23-4-7)14(25)12-10(18)1-2-11(13(12)19)26-6-16(20,21)22/h1-4,9,14,25H,5-6H2,(H,23,24)/t9?,14-/m1/s1. The van der Waals surface area contributed by atoms with Gasteiger partial charge in [-0.1, -0.05) is 11.6 Å². The van der Waals surface area contributed by atoms with E-state index < -0.39 is 36.4 Å². The summed E-state index contributed by atoms with van der Waals surface area (Å²) in [5.41, 5.74) is 0.329. The maximum atomic E-state index is 14.7. The Balaban J connectivity index is 1.93. The van der Waals surface area contributed by atoms with Crippen LogP contribution in [0.5, 0.6) is 5.75 Å². The summed E-state index contributed by atoms with van der Waals surface area (Å²) in [5.74, 6) is -1.79. The summed E-state index contributed by atoms with van der Waals surface area (Å²) in [6, 6.07) is 3.92. The lowest BCUT2D eigenvalue weighted by atomic mass is 9.91. The Hall–Kier alpha value is -1.58. The second-order valence-electron chi connectivity index (χ2n) is 5.70. The average molecular weight is 456 g/mol. The average Bonchev–Trinajstić information content (AvgIpc) is 2.96. The van der Waals surface area contributed by atoms with Gasteiger partial charge in [-0.3, -0.25) is 0 Å². The molecule has 0 radical (unpaired) electrons. The van der Waals surface area contributed by atoms with Gasteiger partial charge in [0.05, 0.1) is 6.10 Å². The molecule has 1 unspecified atom stereocenters. The minimum atomic E-state index is -4.61. The number of hydrogen-bond donors (Lipinski definition) is 2. The number of nitrogens with zero attached hydrogens (tertiary/aromatic N) is 1. The third-order valence-corrected chi connectivity index (χ3v) is 4.70. The Morgan fingerprint density at radius 3 is 2.85 bits per heavy atom. The summed E-state index contributed by atoms with van der Waals surface area (Å²) in [6.45, 7) is -1.38. The van der Waals surface area contributed by atoms with Crippen LogP contribution in [0.3, 0.4) is 0 Å². The molecule has 0 amide bonds.